The van der Waals surface area contributed by atoms with Crippen molar-refractivity contribution in [3.8, 4) is 0 Å². The Bertz CT molecular complexity index is 418. The first-order chi connectivity index (χ1) is 9.00. The zero-order chi connectivity index (χ0) is 14.3. The molecule has 19 heavy (non-hydrogen) atoms. The van der Waals surface area contributed by atoms with E-state index >= 15 is 0 Å². The van der Waals surface area contributed by atoms with Crippen LogP contribution >= 0.6 is 0 Å². The van der Waals surface area contributed by atoms with Crippen LogP contribution in [0.2, 0.25) is 0 Å². The second-order valence-corrected chi connectivity index (χ2v) is 4.58. The molecule has 0 aliphatic rings. The van der Waals surface area contributed by atoms with Crippen LogP contribution in [0.1, 0.15) is 26.2 Å². The minimum Gasteiger partial charge on any atom is -0.480 e. The van der Waals surface area contributed by atoms with E-state index in [0.29, 0.717) is 18.5 Å². The lowest BCUT2D eigenvalue weighted by Crippen LogP contribution is -2.35. The number of carboxylic acids is 1. The summed E-state index contributed by atoms with van der Waals surface area (Å²) in [5.41, 5.74) is 6.23. The van der Waals surface area contributed by atoms with Crippen molar-refractivity contribution in [1.82, 2.24) is 0 Å². The van der Waals surface area contributed by atoms with Crippen LogP contribution in [-0.4, -0.2) is 29.6 Å². The van der Waals surface area contributed by atoms with Gasteiger partial charge in [0.2, 0.25) is 5.91 Å². The molecule has 0 saturated carbocycles. The third-order valence-corrected chi connectivity index (χ3v) is 2.71. The highest BCUT2D eigenvalue weighted by molar-refractivity contribution is 5.97. The number of rotatable bonds is 7. The Morgan fingerprint density at radius 2 is 1.95 bits per heavy atom. The Morgan fingerprint density at radius 1 is 1.32 bits per heavy atom. The highest BCUT2D eigenvalue weighted by Crippen LogP contribution is 2.15. The van der Waals surface area contributed by atoms with E-state index in [9.17, 15) is 9.59 Å². The highest BCUT2D eigenvalue weighted by Gasteiger charge is 2.18. The zero-order valence-electron chi connectivity index (χ0n) is 11.1. The molecule has 0 aromatic heterocycles. The van der Waals surface area contributed by atoms with E-state index in [4.69, 9.17) is 10.8 Å². The fourth-order valence-electron chi connectivity index (χ4n) is 1.78. The maximum absolute atomic E-state index is 12.1. The average Bonchev–Trinajstić information content (AvgIpc) is 2.36. The molecule has 0 bridgehead atoms. The summed E-state index contributed by atoms with van der Waals surface area (Å²) in [6.07, 6.45) is 1.73. The number of amides is 1. The minimum atomic E-state index is -1.02. The fourth-order valence-corrected chi connectivity index (χ4v) is 1.78. The van der Waals surface area contributed by atoms with Crippen molar-refractivity contribution >= 4 is 17.6 Å². The van der Waals surface area contributed by atoms with Crippen LogP contribution in [0.25, 0.3) is 0 Å². The number of para-hydroxylation sites is 1. The van der Waals surface area contributed by atoms with E-state index in [0.717, 1.165) is 6.42 Å². The van der Waals surface area contributed by atoms with Crippen LogP contribution in [0.15, 0.2) is 30.3 Å². The maximum atomic E-state index is 12.1. The van der Waals surface area contributed by atoms with E-state index in [1.165, 1.54) is 4.90 Å². The number of anilines is 1. The first-order valence-electron chi connectivity index (χ1n) is 6.33. The van der Waals surface area contributed by atoms with E-state index in [1.54, 1.807) is 24.3 Å². The molecule has 0 aliphatic carbocycles. The molecule has 0 aliphatic heterocycles. The molecular formula is C14H20N2O3. The van der Waals surface area contributed by atoms with Crippen molar-refractivity contribution in [3.63, 3.8) is 0 Å². The molecule has 0 radical (unpaired) electrons. The summed E-state index contributed by atoms with van der Waals surface area (Å²) < 4.78 is 0. The molecule has 1 aromatic carbocycles. The quantitative estimate of drug-likeness (QED) is 0.784. The molecule has 104 valence electrons. The summed E-state index contributed by atoms with van der Waals surface area (Å²) in [5.74, 6) is -1.21. The van der Waals surface area contributed by atoms with Crippen molar-refractivity contribution in [2.45, 2.75) is 32.2 Å². The fraction of sp³-hybridized carbons (Fsp3) is 0.429. The molecule has 1 aromatic rings. The summed E-state index contributed by atoms with van der Waals surface area (Å²) in [7, 11) is 0. The van der Waals surface area contributed by atoms with E-state index < -0.39 is 5.97 Å². The predicted molar refractivity (Wildman–Crippen MR) is 73.9 cm³/mol. The summed E-state index contributed by atoms with van der Waals surface area (Å²) in [6.45, 7) is 1.57. The van der Waals surface area contributed by atoms with E-state index in [-0.39, 0.29) is 18.5 Å². The van der Waals surface area contributed by atoms with Gasteiger partial charge < -0.3 is 15.7 Å². The Balaban J connectivity index is 2.69. The number of aliphatic carboxylic acids is 1. The Hall–Kier alpha value is -1.88. The van der Waals surface area contributed by atoms with Crippen LogP contribution in [0.4, 0.5) is 5.69 Å². The Morgan fingerprint density at radius 3 is 2.47 bits per heavy atom. The third-order valence-electron chi connectivity index (χ3n) is 2.71. The van der Waals surface area contributed by atoms with Crippen LogP contribution < -0.4 is 10.6 Å². The zero-order valence-corrected chi connectivity index (χ0v) is 11.1. The number of carbonyl (C=O) groups is 2. The molecule has 0 saturated heterocycles. The Labute approximate surface area is 113 Å². The molecular weight excluding hydrogens is 244 g/mol. The standard InChI is InChI=1S/C14H20N2O3/c1-11(15)6-5-9-13(17)16(10-14(18)19)12-7-3-2-4-8-12/h2-4,7-8,11H,5-6,9-10,15H2,1H3,(H,18,19). The molecule has 1 rings (SSSR count). The van der Waals surface area contributed by atoms with Gasteiger partial charge in [0.05, 0.1) is 0 Å². The first kappa shape index (κ1) is 15.2. The molecule has 1 unspecified atom stereocenters. The molecule has 0 spiro atoms. The molecule has 3 N–H and O–H groups in total. The van der Waals surface area contributed by atoms with Crippen LogP contribution in [0, 0.1) is 0 Å². The molecule has 0 heterocycles. The number of hydrogen-bond acceptors (Lipinski definition) is 3. The summed E-state index contributed by atoms with van der Waals surface area (Å²) in [5, 5.41) is 8.89. The van der Waals surface area contributed by atoms with Crippen molar-refractivity contribution in [2.24, 2.45) is 5.73 Å². The van der Waals surface area contributed by atoms with Gasteiger partial charge in [-0.05, 0) is 31.9 Å². The second-order valence-electron chi connectivity index (χ2n) is 4.58. The number of benzene rings is 1. The van der Waals surface area contributed by atoms with Crippen LogP contribution in [0.3, 0.4) is 0 Å². The lowest BCUT2D eigenvalue weighted by Gasteiger charge is -2.21. The van der Waals surface area contributed by atoms with Gasteiger partial charge in [-0.3, -0.25) is 9.59 Å². The minimum absolute atomic E-state index is 0.0532. The third kappa shape index (κ3) is 5.52. The molecule has 1 amide bonds. The van der Waals surface area contributed by atoms with Gasteiger partial charge in [-0.2, -0.15) is 0 Å². The van der Waals surface area contributed by atoms with Gasteiger partial charge in [-0.1, -0.05) is 18.2 Å². The van der Waals surface area contributed by atoms with Gasteiger partial charge in [-0.15, -0.1) is 0 Å². The number of carbonyl (C=O) groups excluding carboxylic acids is 1. The second kappa shape index (κ2) is 7.53. The normalized spacial score (nSPS) is 11.9. The van der Waals surface area contributed by atoms with Gasteiger partial charge in [0, 0.05) is 18.2 Å². The van der Waals surface area contributed by atoms with Crippen molar-refractivity contribution < 1.29 is 14.7 Å². The first-order valence-corrected chi connectivity index (χ1v) is 6.33. The Kier molecular flexibility index (Phi) is 6.02. The van der Waals surface area contributed by atoms with Crippen LogP contribution in [-0.2, 0) is 9.59 Å². The molecule has 1 atom stereocenters. The molecule has 5 heteroatoms. The summed E-state index contributed by atoms with van der Waals surface area (Å²) >= 11 is 0. The van der Waals surface area contributed by atoms with Gasteiger partial charge >= 0.3 is 5.97 Å². The van der Waals surface area contributed by atoms with Gasteiger partial charge in [0.1, 0.15) is 6.54 Å². The van der Waals surface area contributed by atoms with Gasteiger partial charge in [0.15, 0.2) is 0 Å². The largest absolute Gasteiger partial charge is 0.480 e. The lowest BCUT2D eigenvalue weighted by atomic mass is 10.1. The number of nitrogens with two attached hydrogens (primary N) is 1. The SMILES string of the molecule is CC(N)CCCC(=O)N(CC(=O)O)c1ccccc1. The number of hydrogen-bond donors (Lipinski definition) is 2. The maximum Gasteiger partial charge on any atom is 0.323 e. The lowest BCUT2D eigenvalue weighted by molar-refractivity contribution is -0.136. The monoisotopic (exact) mass is 264 g/mol. The topological polar surface area (TPSA) is 83.6 Å². The molecule has 5 nitrogen and oxygen atoms in total. The smallest absolute Gasteiger partial charge is 0.323 e. The van der Waals surface area contributed by atoms with Crippen molar-refractivity contribution in [1.29, 1.82) is 0 Å². The molecule has 0 fully saturated rings. The van der Waals surface area contributed by atoms with E-state index in [2.05, 4.69) is 0 Å². The average molecular weight is 264 g/mol. The van der Waals surface area contributed by atoms with Crippen molar-refractivity contribution in [2.75, 3.05) is 11.4 Å². The van der Waals surface area contributed by atoms with Crippen LogP contribution in [0.5, 0.6) is 0 Å². The van der Waals surface area contributed by atoms with Gasteiger partial charge in [0.25, 0.3) is 0 Å². The number of carboxylic acid groups (broad SMARTS) is 1. The van der Waals surface area contributed by atoms with Gasteiger partial charge in [-0.25, -0.2) is 0 Å². The summed E-state index contributed by atoms with van der Waals surface area (Å²) in [6, 6.07) is 8.89. The van der Waals surface area contributed by atoms with E-state index in [1.807, 2.05) is 13.0 Å². The highest BCUT2D eigenvalue weighted by atomic mass is 16.4. The summed E-state index contributed by atoms with van der Waals surface area (Å²) in [4.78, 5) is 24.2. The predicted octanol–water partition coefficient (Wildman–Crippen LogP) is 1.62. The van der Waals surface area contributed by atoms with Crippen molar-refractivity contribution in [3.05, 3.63) is 30.3 Å². The number of nitrogens with zero attached hydrogens (tertiary/aromatic N) is 1.